The predicted molar refractivity (Wildman–Crippen MR) is 69.5 cm³/mol. The maximum absolute atomic E-state index is 12.5. The molecule has 2 heterocycles. The third kappa shape index (κ3) is 2.73. The first-order valence-electron chi connectivity index (χ1n) is 6.28. The standard InChI is InChI=1S/C13H13N3O5/c1-2-8-11(18)15-9(17)6-16(8)12(19)10-7(13(20)21)4-3-5-14-10/h3-5,8H,2,6H2,1H3,(H,20,21)(H,15,17,18). The Bertz CT molecular complexity index is 628. The van der Waals surface area contributed by atoms with Crippen molar-refractivity contribution in [3.63, 3.8) is 0 Å². The first-order valence-corrected chi connectivity index (χ1v) is 6.28. The van der Waals surface area contributed by atoms with Crippen LogP contribution in [0.1, 0.15) is 34.2 Å². The topological polar surface area (TPSA) is 117 Å². The molecule has 2 N–H and O–H groups in total. The Morgan fingerprint density at radius 1 is 1.48 bits per heavy atom. The number of aromatic carboxylic acids is 1. The number of piperazine rings is 1. The molecule has 8 nitrogen and oxygen atoms in total. The van der Waals surface area contributed by atoms with Gasteiger partial charge in [0.05, 0.1) is 5.56 Å². The second kappa shape index (κ2) is 5.70. The number of carbonyl (C=O) groups is 4. The number of nitrogens with zero attached hydrogens (tertiary/aromatic N) is 2. The van der Waals surface area contributed by atoms with Gasteiger partial charge in [0.25, 0.3) is 5.91 Å². The molecule has 0 aromatic carbocycles. The molecule has 0 bridgehead atoms. The van der Waals surface area contributed by atoms with Gasteiger partial charge in [0.2, 0.25) is 11.8 Å². The van der Waals surface area contributed by atoms with Crippen molar-refractivity contribution in [2.24, 2.45) is 0 Å². The Morgan fingerprint density at radius 3 is 2.81 bits per heavy atom. The molecule has 1 aromatic rings. The highest BCUT2D eigenvalue weighted by atomic mass is 16.4. The van der Waals surface area contributed by atoms with Gasteiger partial charge in [0.1, 0.15) is 18.3 Å². The highest BCUT2D eigenvalue weighted by Gasteiger charge is 2.37. The maximum Gasteiger partial charge on any atom is 0.338 e. The third-order valence-electron chi connectivity index (χ3n) is 3.14. The molecule has 21 heavy (non-hydrogen) atoms. The first kappa shape index (κ1) is 14.6. The molecular formula is C13H13N3O5. The van der Waals surface area contributed by atoms with Gasteiger partial charge in [-0.1, -0.05) is 6.92 Å². The number of amides is 3. The van der Waals surface area contributed by atoms with Gasteiger partial charge in [-0.15, -0.1) is 0 Å². The first-order chi connectivity index (χ1) is 9.95. The van der Waals surface area contributed by atoms with Gasteiger partial charge in [0.15, 0.2) is 0 Å². The molecule has 0 aliphatic carbocycles. The van der Waals surface area contributed by atoms with Crippen LogP contribution in [-0.2, 0) is 9.59 Å². The summed E-state index contributed by atoms with van der Waals surface area (Å²) in [6.07, 6.45) is 1.59. The van der Waals surface area contributed by atoms with Crippen LogP contribution in [0.4, 0.5) is 0 Å². The maximum atomic E-state index is 12.5. The lowest BCUT2D eigenvalue weighted by Gasteiger charge is -2.33. The number of pyridine rings is 1. The minimum Gasteiger partial charge on any atom is -0.478 e. The number of hydrogen-bond acceptors (Lipinski definition) is 5. The molecule has 0 spiro atoms. The van der Waals surface area contributed by atoms with Crippen LogP contribution in [0.2, 0.25) is 0 Å². The van der Waals surface area contributed by atoms with E-state index in [2.05, 4.69) is 10.3 Å². The van der Waals surface area contributed by atoms with E-state index in [1.807, 2.05) is 0 Å². The summed E-state index contributed by atoms with van der Waals surface area (Å²) in [6.45, 7) is 1.38. The molecule has 1 unspecified atom stereocenters. The predicted octanol–water partition coefficient (Wildman–Crippen LogP) is -0.343. The second-order valence-corrected chi connectivity index (χ2v) is 4.47. The van der Waals surface area contributed by atoms with Crippen LogP contribution in [-0.4, -0.2) is 51.3 Å². The van der Waals surface area contributed by atoms with Gasteiger partial charge < -0.3 is 10.0 Å². The van der Waals surface area contributed by atoms with Crippen molar-refractivity contribution >= 4 is 23.7 Å². The number of carboxylic acids is 1. The van der Waals surface area contributed by atoms with E-state index in [1.165, 1.54) is 18.3 Å². The molecule has 1 aliphatic heterocycles. The molecule has 2 rings (SSSR count). The zero-order valence-electron chi connectivity index (χ0n) is 11.2. The molecule has 1 saturated heterocycles. The van der Waals surface area contributed by atoms with Crippen LogP contribution in [0, 0.1) is 0 Å². The summed E-state index contributed by atoms with van der Waals surface area (Å²) in [4.78, 5) is 51.6. The monoisotopic (exact) mass is 291 g/mol. The molecule has 110 valence electrons. The van der Waals surface area contributed by atoms with Crippen molar-refractivity contribution in [2.75, 3.05) is 6.54 Å². The zero-order chi connectivity index (χ0) is 15.6. The molecule has 8 heteroatoms. The van der Waals surface area contributed by atoms with Crippen molar-refractivity contribution in [3.8, 4) is 0 Å². The summed E-state index contributed by atoms with van der Waals surface area (Å²) in [6, 6.07) is 1.82. The smallest absolute Gasteiger partial charge is 0.338 e. The fourth-order valence-electron chi connectivity index (χ4n) is 2.17. The number of nitrogens with one attached hydrogen (secondary N) is 1. The molecule has 1 aromatic heterocycles. The fourth-order valence-corrected chi connectivity index (χ4v) is 2.17. The number of aromatic nitrogens is 1. The van der Waals surface area contributed by atoms with E-state index in [-0.39, 0.29) is 17.8 Å². The summed E-state index contributed by atoms with van der Waals surface area (Å²) in [5.74, 6) is -3.23. The van der Waals surface area contributed by atoms with E-state index < -0.39 is 29.7 Å². The fraction of sp³-hybridized carbons (Fsp3) is 0.308. The van der Waals surface area contributed by atoms with E-state index in [0.29, 0.717) is 6.42 Å². The Kier molecular flexibility index (Phi) is 3.97. The summed E-state index contributed by atoms with van der Waals surface area (Å²) in [7, 11) is 0. The Labute approximate surface area is 119 Å². The van der Waals surface area contributed by atoms with Crippen LogP contribution in [0.5, 0.6) is 0 Å². The van der Waals surface area contributed by atoms with Gasteiger partial charge in [0, 0.05) is 6.20 Å². The van der Waals surface area contributed by atoms with Crippen molar-refractivity contribution < 1.29 is 24.3 Å². The van der Waals surface area contributed by atoms with Gasteiger partial charge >= 0.3 is 5.97 Å². The SMILES string of the molecule is CCC1C(=O)NC(=O)CN1C(=O)c1ncccc1C(=O)O. The molecular weight excluding hydrogens is 278 g/mol. The minimum absolute atomic E-state index is 0.268. The summed E-state index contributed by atoms with van der Waals surface area (Å²) >= 11 is 0. The summed E-state index contributed by atoms with van der Waals surface area (Å²) < 4.78 is 0. The van der Waals surface area contributed by atoms with Crippen LogP contribution in [0.25, 0.3) is 0 Å². The number of carboxylic acid groups (broad SMARTS) is 1. The van der Waals surface area contributed by atoms with E-state index >= 15 is 0 Å². The Balaban J connectivity index is 2.40. The number of rotatable bonds is 3. The van der Waals surface area contributed by atoms with Crippen LogP contribution < -0.4 is 5.32 Å². The van der Waals surface area contributed by atoms with Gasteiger partial charge in [-0.25, -0.2) is 4.79 Å². The Morgan fingerprint density at radius 2 is 2.19 bits per heavy atom. The van der Waals surface area contributed by atoms with Crippen LogP contribution in [0.15, 0.2) is 18.3 Å². The second-order valence-electron chi connectivity index (χ2n) is 4.47. The summed E-state index contributed by atoms with van der Waals surface area (Å²) in [5.41, 5.74) is -0.554. The lowest BCUT2D eigenvalue weighted by Crippen LogP contribution is -2.59. The summed E-state index contributed by atoms with van der Waals surface area (Å²) in [5, 5.41) is 11.2. The third-order valence-corrected chi connectivity index (χ3v) is 3.14. The van der Waals surface area contributed by atoms with Crippen molar-refractivity contribution in [1.29, 1.82) is 0 Å². The van der Waals surface area contributed by atoms with Gasteiger partial charge in [-0.3, -0.25) is 24.7 Å². The number of imide groups is 1. The van der Waals surface area contributed by atoms with E-state index in [0.717, 1.165) is 4.90 Å². The normalized spacial score (nSPS) is 18.3. The highest BCUT2D eigenvalue weighted by Crippen LogP contribution is 2.15. The molecule has 1 fully saturated rings. The van der Waals surface area contributed by atoms with E-state index in [9.17, 15) is 19.2 Å². The average molecular weight is 291 g/mol. The largest absolute Gasteiger partial charge is 0.478 e. The molecule has 3 amide bonds. The van der Waals surface area contributed by atoms with Crippen molar-refractivity contribution in [3.05, 3.63) is 29.6 Å². The molecule has 1 atom stereocenters. The van der Waals surface area contributed by atoms with E-state index in [1.54, 1.807) is 6.92 Å². The van der Waals surface area contributed by atoms with Crippen LogP contribution >= 0.6 is 0 Å². The van der Waals surface area contributed by atoms with Crippen molar-refractivity contribution in [1.82, 2.24) is 15.2 Å². The van der Waals surface area contributed by atoms with Crippen LogP contribution in [0.3, 0.4) is 0 Å². The van der Waals surface area contributed by atoms with E-state index in [4.69, 9.17) is 5.11 Å². The Hall–Kier alpha value is -2.77. The molecule has 0 saturated carbocycles. The number of carbonyl (C=O) groups excluding carboxylic acids is 3. The van der Waals surface area contributed by atoms with Crippen molar-refractivity contribution in [2.45, 2.75) is 19.4 Å². The molecule has 1 aliphatic rings. The average Bonchev–Trinajstić information content (AvgIpc) is 2.45. The molecule has 0 radical (unpaired) electrons. The quantitative estimate of drug-likeness (QED) is 0.736. The lowest BCUT2D eigenvalue weighted by atomic mass is 10.1. The highest BCUT2D eigenvalue weighted by molar-refractivity contribution is 6.09. The number of hydrogen-bond donors (Lipinski definition) is 2. The minimum atomic E-state index is -1.30. The van der Waals surface area contributed by atoms with Gasteiger partial charge in [-0.2, -0.15) is 0 Å². The zero-order valence-corrected chi connectivity index (χ0v) is 11.2. The van der Waals surface area contributed by atoms with Gasteiger partial charge in [-0.05, 0) is 18.6 Å². The lowest BCUT2D eigenvalue weighted by molar-refractivity contribution is -0.138.